The van der Waals surface area contributed by atoms with Gasteiger partial charge in [-0.25, -0.2) is 34.8 Å². The van der Waals surface area contributed by atoms with Crippen LogP contribution in [0, 0.1) is 34.9 Å². The minimum atomic E-state index is -5.40. The first kappa shape index (κ1) is 30.1. The number of hydrogen-bond donors (Lipinski definition) is 1. The molecule has 1 saturated carbocycles. The zero-order chi connectivity index (χ0) is 31.3. The molecule has 0 bridgehead atoms. The van der Waals surface area contributed by atoms with E-state index in [2.05, 4.69) is 15.2 Å². The highest BCUT2D eigenvalue weighted by Gasteiger charge is 2.48. The van der Waals surface area contributed by atoms with Crippen LogP contribution >= 0.6 is 0 Å². The lowest BCUT2D eigenvalue weighted by molar-refractivity contribution is -0.125. The Morgan fingerprint density at radius 1 is 0.909 bits per heavy atom. The molecule has 2 aromatic heterocycles. The van der Waals surface area contributed by atoms with Gasteiger partial charge in [0.25, 0.3) is 0 Å². The Morgan fingerprint density at radius 3 is 2.20 bits per heavy atom. The highest BCUT2D eigenvalue weighted by Crippen LogP contribution is 2.36. The van der Waals surface area contributed by atoms with Crippen molar-refractivity contribution in [2.45, 2.75) is 61.9 Å². The predicted molar refractivity (Wildman–Crippen MR) is 146 cm³/mol. The molecule has 1 aliphatic carbocycles. The zero-order valence-electron chi connectivity index (χ0n) is 23.0. The number of amides is 1. The van der Waals surface area contributed by atoms with Crippen LogP contribution in [0.15, 0.2) is 41.6 Å². The maximum absolute atomic E-state index is 15.4. The first-order chi connectivity index (χ1) is 21.0. The average molecular weight is 638 g/mol. The van der Waals surface area contributed by atoms with E-state index in [4.69, 9.17) is 0 Å². The second kappa shape index (κ2) is 11.5. The number of anilines is 1. The van der Waals surface area contributed by atoms with Crippen LogP contribution < -0.4 is 4.90 Å². The lowest BCUT2D eigenvalue weighted by Crippen LogP contribution is -2.59. The SMILES string of the molecule is O=C([C@H]1CCN1S(=O)(=O)c1c(F)c(F)c(F)c(F)c1F)N(Cc1ccc(C2CCCCC2)cn1)c1cc2[nH]ncc2cc1F. The Kier molecular flexibility index (Phi) is 7.86. The molecule has 0 radical (unpaired) electrons. The van der Waals surface area contributed by atoms with Gasteiger partial charge in [0.2, 0.25) is 21.7 Å². The van der Waals surface area contributed by atoms with E-state index < -0.39 is 68.3 Å². The van der Waals surface area contributed by atoms with Gasteiger partial charge in [-0.05, 0) is 48.9 Å². The minimum absolute atomic E-state index is 0.161. The Balaban J connectivity index is 1.35. The second-order valence-corrected chi connectivity index (χ2v) is 12.7. The summed E-state index contributed by atoms with van der Waals surface area (Å²) in [6, 6.07) is 4.35. The molecular formula is C29H25F6N5O3S. The maximum Gasteiger partial charge on any atom is 0.249 e. The van der Waals surface area contributed by atoms with E-state index in [1.54, 1.807) is 12.3 Å². The number of halogens is 6. The summed E-state index contributed by atoms with van der Waals surface area (Å²) in [5.74, 6) is -14.0. The van der Waals surface area contributed by atoms with Crippen LogP contribution in [0.4, 0.5) is 32.0 Å². The van der Waals surface area contributed by atoms with Crippen LogP contribution in [0.25, 0.3) is 10.9 Å². The number of sulfonamides is 1. The van der Waals surface area contributed by atoms with Crippen molar-refractivity contribution in [3.05, 3.63) is 82.8 Å². The summed E-state index contributed by atoms with van der Waals surface area (Å²) >= 11 is 0. The molecule has 2 aromatic carbocycles. The van der Waals surface area contributed by atoms with Gasteiger partial charge in [-0.15, -0.1) is 0 Å². The molecule has 15 heteroatoms. The molecule has 0 unspecified atom stereocenters. The predicted octanol–water partition coefficient (Wildman–Crippen LogP) is 5.84. The van der Waals surface area contributed by atoms with E-state index in [1.807, 2.05) is 6.07 Å². The highest BCUT2D eigenvalue weighted by molar-refractivity contribution is 7.89. The Labute approximate surface area is 247 Å². The van der Waals surface area contributed by atoms with Crippen molar-refractivity contribution in [1.29, 1.82) is 0 Å². The fraction of sp³-hybridized carbons (Fsp3) is 0.345. The first-order valence-electron chi connectivity index (χ1n) is 13.9. The summed E-state index contributed by atoms with van der Waals surface area (Å²) in [5.41, 5.74) is 1.47. The Hall–Kier alpha value is -3.98. The third-order valence-electron chi connectivity index (χ3n) is 8.30. The largest absolute Gasteiger partial charge is 0.302 e. The standard InChI is InChI=1S/C29H25F6N5O3S/c30-19-10-17-13-37-38-20(17)11-22(19)39(14-18-7-6-16(12-36-18)15-4-2-1-3-5-15)29(41)21-8-9-40(21)44(42,43)28-26(34)24(32)23(31)25(33)27(28)35/h6-7,10-13,15,21H,1-5,8-9,14H2,(H,37,38)/t21-/m1/s1. The number of hydrogen-bond acceptors (Lipinski definition) is 5. The summed E-state index contributed by atoms with van der Waals surface area (Å²) in [4.78, 5) is 17.3. The van der Waals surface area contributed by atoms with Crippen LogP contribution in [-0.4, -0.2) is 46.4 Å². The quantitative estimate of drug-likeness (QED) is 0.156. The van der Waals surface area contributed by atoms with Crippen molar-refractivity contribution in [3.63, 3.8) is 0 Å². The molecule has 4 aromatic rings. The molecule has 3 heterocycles. The molecule has 8 nitrogen and oxygen atoms in total. The minimum Gasteiger partial charge on any atom is -0.302 e. The number of carbonyl (C=O) groups is 1. The maximum atomic E-state index is 15.4. The van der Waals surface area contributed by atoms with Gasteiger partial charge in [-0.1, -0.05) is 25.3 Å². The monoisotopic (exact) mass is 637 g/mol. The summed E-state index contributed by atoms with van der Waals surface area (Å²) in [6.45, 7) is -0.768. The Bertz CT molecular complexity index is 1830. The van der Waals surface area contributed by atoms with Crippen LogP contribution in [0.2, 0.25) is 0 Å². The fourth-order valence-electron chi connectivity index (χ4n) is 5.82. The molecule has 232 valence electrons. The van der Waals surface area contributed by atoms with Crippen LogP contribution in [0.3, 0.4) is 0 Å². The summed E-state index contributed by atoms with van der Waals surface area (Å²) in [5, 5.41) is 6.91. The Morgan fingerprint density at radius 2 is 1.59 bits per heavy atom. The van der Waals surface area contributed by atoms with E-state index >= 15 is 4.39 Å². The lowest BCUT2D eigenvalue weighted by Gasteiger charge is -2.41. The highest BCUT2D eigenvalue weighted by atomic mass is 32.2. The third-order valence-corrected chi connectivity index (χ3v) is 10.2. The molecule has 1 amide bonds. The normalized spacial score (nSPS) is 18.0. The van der Waals surface area contributed by atoms with E-state index in [0.717, 1.165) is 42.2 Å². The number of benzene rings is 2. The van der Waals surface area contributed by atoms with Gasteiger partial charge in [-0.2, -0.15) is 9.40 Å². The summed E-state index contributed by atoms with van der Waals surface area (Å²) in [6.07, 6.45) is 8.32. The number of fused-ring (bicyclic) bond motifs is 1. The molecule has 2 fully saturated rings. The van der Waals surface area contributed by atoms with E-state index in [9.17, 15) is 35.2 Å². The van der Waals surface area contributed by atoms with Crippen molar-refractivity contribution < 1.29 is 39.6 Å². The van der Waals surface area contributed by atoms with Gasteiger partial charge >= 0.3 is 0 Å². The smallest absolute Gasteiger partial charge is 0.249 e. The number of rotatable bonds is 7. The van der Waals surface area contributed by atoms with Gasteiger partial charge in [0.15, 0.2) is 28.2 Å². The molecule has 6 rings (SSSR count). The molecule has 1 N–H and O–H groups in total. The van der Waals surface area contributed by atoms with E-state index in [0.29, 0.717) is 26.8 Å². The van der Waals surface area contributed by atoms with Gasteiger partial charge in [0, 0.05) is 18.1 Å². The summed E-state index contributed by atoms with van der Waals surface area (Å²) in [7, 11) is -5.40. The van der Waals surface area contributed by atoms with Crippen molar-refractivity contribution in [2.75, 3.05) is 11.4 Å². The topological polar surface area (TPSA) is 99.3 Å². The van der Waals surface area contributed by atoms with Crippen molar-refractivity contribution in [1.82, 2.24) is 19.5 Å². The molecule has 1 atom stereocenters. The molecule has 1 aliphatic heterocycles. The molecule has 2 aliphatic rings. The van der Waals surface area contributed by atoms with Gasteiger partial charge < -0.3 is 4.90 Å². The average Bonchev–Trinajstić information content (AvgIpc) is 3.44. The van der Waals surface area contributed by atoms with Gasteiger partial charge in [-0.3, -0.25) is 14.9 Å². The number of pyridine rings is 1. The first-order valence-corrected chi connectivity index (χ1v) is 15.3. The van der Waals surface area contributed by atoms with Crippen molar-refractivity contribution in [2.24, 2.45) is 0 Å². The molecule has 0 spiro atoms. The number of carbonyl (C=O) groups excluding carboxylic acids is 1. The number of aromatic amines is 1. The number of aromatic nitrogens is 3. The van der Waals surface area contributed by atoms with E-state index in [-0.39, 0.29) is 18.7 Å². The van der Waals surface area contributed by atoms with Crippen LogP contribution in [-0.2, 0) is 21.4 Å². The number of H-pyrrole nitrogens is 1. The van der Waals surface area contributed by atoms with Crippen molar-refractivity contribution >= 4 is 32.5 Å². The van der Waals surface area contributed by atoms with Crippen LogP contribution in [0.5, 0.6) is 0 Å². The molecular weight excluding hydrogens is 612 g/mol. The molecule has 44 heavy (non-hydrogen) atoms. The fourth-order valence-corrected chi connectivity index (χ4v) is 7.56. The zero-order valence-corrected chi connectivity index (χ0v) is 23.8. The van der Waals surface area contributed by atoms with Crippen molar-refractivity contribution in [3.8, 4) is 0 Å². The molecule has 1 saturated heterocycles. The van der Waals surface area contributed by atoms with E-state index in [1.165, 1.54) is 18.7 Å². The number of nitrogens with one attached hydrogen (secondary N) is 1. The number of nitrogens with zero attached hydrogens (tertiary/aromatic N) is 4. The summed E-state index contributed by atoms with van der Waals surface area (Å²) < 4.78 is 113. The van der Waals surface area contributed by atoms with Crippen LogP contribution in [0.1, 0.15) is 55.7 Å². The van der Waals surface area contributed by atoms with Gasteiger partial charge in [0.1, 0.15) is 11.9 Å². The van der Waals surface area contributed by atoms with Gasteiger partial charge in [0.05, 0.1) is 29.6 Å². The second-order valence-electron chi connectivity index (χ2n) is 10.9. The lowest BCUT2D eigenvalue weighted by atomic mass is 9.85. The third kappa shape index (κ3) is 5.11.